The average molecular weight is 370 g/mol. The largest absolute Gasteiger partial charge is 0.465 e. The number of methoxy groups -OCH3 is 1. The van der Waals surface area contributed by atoms with Crippen molar-refractivity contribution in [1.82, 2.24) is 4.98 Å². The fraction of sp³-hybridized carbons (Fsp3) is 0.0556. The number of benzene rings is 2. The molecule has 0 spiro atoms. The fourth-order valence-electron chi connectivity index (χ4n) is 2.35. The molecule has 0 unspecified atom stereocenters. The molecule has 0 amide bonds. The summed E-state index contributed by atoms with van der Waals surface area (Å²) in [4.78, 5) is 28.4. The van der Waals surface area contributed by atoms with Crippen molar-refractivity contribution in [3.8, 4) is 0 Å². The molecule has 5 heteroatoms. The second-order valence-corrected chi connectivity index (χ2v) is 5.75. The molecule has 2 aromatic carbocycles. The Hall–Kier alpha value is -2.53. The Labute approximate surface area is 141 Å². The van der Waals surface area contributed by atoms with E-state index in [9.17, 15) is 9.59 Å². The number of rotatable bonds is 3. The number of ketones is 1. The Kier molecular flexibility index (Phi) is 4.21. The standard InChI is InChI=1S/C18H12BrNO3/c1-23-18(22)12-8-6-11(7-9-12)17(21)16-14-5-3-2-4-13(14)15(19)10-20-16/h2-10H,1H3. The van der Waals surface area contributed by atoms with Gasteiger partial charge in [0.15, 0.2) is 0 Å². The maximum atomic E-state index is 12.7. The predicted molar refractivity (Wildman–Crippen MR) is 90.7 cm³/mol. The molecule has 0 aliphatic rings. The summed E-state index contributed by atoms with van der Waals surface area (Å²) < 4.78 is 5.49. The van der Waals surface area contributed by atoms with Crippen LogP contribution in [0.5, 0.6) is 0 Å². The minimum absolute atomic E-state index is 0.190. The van der Waals surface area contributed by atoms with Gasteiger partial charge in [0, 0.05) is 21.6 Å². The van der Waals surface area contributed by atoms with Gasteiger partial charge in [-0.05, 0) is 33.4 Å². The maximum absolute atomic E-state index is 12.7. The minimum atomic E-state index is -0.434. The molecule has 0 fully saturated rings. The second kappa shape index (κ2) is 6.30. The summed E-state index contributed by atoms with van der Waals surface area (Å²) in [6.07, 6.45) is 1.62. The molecule has 0 aliphatic heterocycles. The number of esters is 1. The van der Waals surface area contributed by atoms with E-state index in [-0.39, 0.29) is 5.78 Å². The van der Waals surface area contributed by atoms with Gasteiger partial charge < -0.3 is 4.74 Å². The van der Waals surface area contributed by atoms with Crippen molar-refractivity contribution in [2.24, 2.45) is 0 Å². The predicted octanol–water partition coefficient (Wildman–Crippen LogP) is 4.01. The monoisotopic (exact) mass is 369 g/mol. The molecule has 1 heterocycles. The number of carbonyl (C=O) groups excluding carboxylic acids is 2. The lowest BCUT2D eigenvalue weighted by atomic mass is 10.0. The van der Waals surface area contributed by atoms with Crippen LogP contribution < -0.4 is 0 Å². The van der Waals surface area contributed by atoms with E-state index < -0.39 is 5.97 Å². The van der Waals surface area contributed by atoms with Crippen molar-refractivity contribution in [2.45, 2.75) is 0 Å². The van der Waals surface area contributed by atoms with Crippen LogP contribution in [0, 0.1) is 0 Å². The third-order valence-electron chi connectivity index (χ3n) is 3.53. The molecule has 114 valence electrons. The highest BCUT2D eigenvalue weighted by atomic mass is 79.9. The first-order valence-corrected chi connectivity index (χ1v) is 7.67. The molecule has 0 bridgehead atoms. The number of pyridine rings is 1. The molecule has 4 nitrogen and oxygen atoms in total. The lowest BCUT2D eigenvalue weighted by Crippen LogP contribution is -2.06. The Bertz CT molecular complexity index is 904. The number of hydrogen-bond acceptors (Lipinski definition) is 4. The third-order valence-corrected chi connectivity index (χ3v) is 4.16. The zero-order valence-corrected chi connectivity index (χ0v) is 13.8. The Balaban J connectivity index is 2.04. The SMILES string of the molecule is COC(=O)c1ccc(C(=O)c2ncc(Br)c3ccccc23)cc1. The van der Waals surface area contributed by atoms with Crippen LogP contribution in [-0.2, 0) is 4.74 Å². The van der Waals surface area contributed by atoms with Crippen LogP contribution in [0.3, 0.4) is 0 Å². The average Bonchev–Trinajstić information content (AvgIpc) is 2.61. The molecule has 3 aromatic rings. The van der Waals surface area contributed by atoms with Crippen molar-refractivity contribution >= 4 is 38.5 Å². The summed E-state index contributed by atoms with van der Waals surface area (Å²) >= 11 is 3.44. The van der Waals surface area contributed by atoms with Crippen LogP contribution in [0.4, 0.5) is 0 Å². The summed E-state index contributed by atoms with van der Waals surface area (Å²) in [5, 5.41) is 1.71. The Morgan fingerprint density at radius 2 is 1.57 bits per heavy atom. The van der Waals surface area contributed by atoms with Crippen LogP contribution in [0.2, 0.25) is 0 Å². The topological polar surface area (TPSA) is 56.3 Å². The third kappa shape index (κ3) is 2.87. The van der Waals surface area contributed by atoms with Gasteiger partial charge in [-0.15, -0.1) is 0 Å². The quantitative estimate of drug-likeness (QED) is 0.516. The Morgan fingerprint density at radius 1 is 0.957 bits per heavy atom. The van der Waals surface area contributed by atoms with Gasteiger partial charge in [0.05, 0.1) is 12.7 Å². The summed E-state index contributed by atoms with van der Waals surface area (Å²) in [6.45, 7) is 0. The second-order valence-electron chi connectivity index (χ2n) is 4.90. The number of ether oxygens (including phenoxy) is 1. The van der Waals surface area contributed by atoms with Gasteiger partial charge in [0.1, 0.15) is 5.69 Å². The first-order valence-electron chi connectivity index (χ1n) is 6.88. The van der Waals surface area contributed by atoms with Crippen molar-refractivity contribution in [3.05, 3.63) is 76.0 Å². The van der Waals surface area contributed by atoms with Crippen molar-refractivity contribution in [2.75, 3.05) is 7.11 Å². The Morgan fingerprint density at radius 3 is 2.22 bits per heavy atom. The van der Waals surface area contributed by atoms with Crippen molar-refractivity contribution in [3.63, 3.8) is 0 Å². The number of aromatic nitrogens is 1. The van der Waals surface area contributed by atoms with Crippen LogP contribution in [0.25, 0.3) is 10.8 Å². The number of halogens is 1. The highest BCUT2D eigenvalue weighted by Gasteiger charge is 2.16. The molecule has 0 N–H and O–H groups in total. The van der Waals surface area contributed by atoms with Gasteiger partial charge >= 0.3 is 5.97 Å². The molecule has 0 saturated carbocycles. The van der Waals surface area contributed by atoms with E-state index >= 15 is 0 Å². The summed E-state index contributed by atoms with van der Waals surface area (Å²) in [5.74, 6) is -0.624. The minimum Gasteiger partial charge on any atom is -0.465 e. The van der Waals surface area contributed by atoms with Crippen LogP contribution >= 0.6 is 15.9 Å². The van der Waals surface area contributed by atoms with Gasteiger partial charge in [-0.2, -0.15) is 0 Å². The molecule has 0 atom stereocenters. The summed E-state index contributed by atoms with van der Waals surface area (Å²) in [5.41, 5.74) is 1.25. The van der Waals surface area contributed by atoms with E-state index in [1.807, 2.05) is 24.3 Å². The zero-order valence-electron chi connectivity index (χ0n) is 12.2. The van der Waals surface area contributed by atoms with E-state index in [2.05, 4.69) is 25.7 Å². The van der Waals surface area contributed by atoms with Gasteiger partial charge in [0.25, 0.3) is 0 Å². The molecular formula is C18H12BrNO3. The molecule has 1 aromatic heterocycles. The molecule has 0 radical (unpaired) electrons. The van der Waals surface area contributed by atoms with Crippen molar-refractivity contribution < 1.29 is 14.3 Å². The van der Waals surface area contributed by atoms with E-state index in [1.165, 1.54) is 7.11 Å². The lowest BCUT2D eigenvalue weighted by Gasteiger charge is -2.07. The molecule has 0 saturated heterocycles. The number of fused-ring (bicyclic) bond motifs is 1. The summed E-state index contributed by atoms with van der Waals surface area (Å²) in [7, 11) is 1.32. The highest BCUT2D eigenvalue weighted by Crippen LogP contribution is 2.26. The maximum Gasteiger partial charge on any atom is 0.337 e. The first kappa shape index (κ1) is 15.4. The molecule has 3 rings (SSSR count). The molecular weight excluding hydrogens is 358 g/mol. The van der Waals surface area contributed by atoms with Gasteiger partial charge in [-0.3, -0.25) is 9.78 Å². The van der Waals surface area contributed by atoms with E-state index in [0.29, 0.717) is 16.8 Å². The lowest BCUT2D eigenvalue weighted by molar-refractivity contribution is 0.0600. The van der Waals surface area contributed by atoms with Crippen molar-refractivity contribution in [1.29, 1.82) is 0 Å². The first-order chi connectivity index (χ1) is 11.1. The van der Waals surface area contributed by atoms with Crippen LogP contribution in [-0.4, -0.2) is 23.8 Å². The fourth-order valence-corrected chi connectivity index (χ4v) is 2.80. The zero-order chi connectivity index (χ0) is 16.4. The smallest absolute Gasteiger partial charge is 0.337 e. The van der Waals surface area contributed by atoms with E-state index in [1.54, 1.807) is 30.5 Å². The van der Waals surface area contributed by atoms with E-state index in [0.717, 1.165) is 15.2 Å². The van der Waals surface area contributed by atoms with Gasteiger partial charge in [-0.25, -0.2) is 4.79 Å². The van der Waals surface area contributed by atoms with Crippen LogP contribution in [0.15, 0.2) is 59.2 Å². The van der Waals surface area contributed by atoms with Gasteiger partial charge in [0.2, 0.25) is 5.78 Å². The molecule has 23 heavy (non-hydrogen) atoms. The molecule has 0 aliphatic carbocycles. The van der Waals surface area contributed by atoms with E-state index in [4.69, 9.17) is 0 Å². The van der Waals surface area contributed by atoms with Gasteiger partial charge in [-0.1, -0.05) is 36.4 Å². The highest BCUT2D eigenvalue weighted by molar-refractivity contribution is 9.10. The summed E-state index contributed by atoms with van der Waals surface area (Å²) in [6, 6.07) is 13.9. The van der Waals surface area contributed by atoms with Crippen LogP contribution in [0.1, 0.15) is 26.4 Å². The number of hydrogen-bond donors (Lipinski definition) is 0. The number of nitrogens with zero attached hydrogens (tertiary/aromatic N) is 1. The normalized spacial score (nSPS) is 10.5. The number of carbonyl (C=O) groups is 2.